The molecule has 5 heteroatoms. The Morgan fingerprint density at radius 3 is 2.90 bits per heavy atom. The van der Waals surface area contributed by atoms with Crippen molar-refractivity contribution >= 4 is 5.91 Å². The van der Waals surface area contributed by atoms with E-state index in [4.69, 9.17) is 4.74 Å². The van der Waals surface area contributed by atoms with Crippen molar-refractivity contribution in [1.82, 2.24) is 9.88 Å². The van der Waals surface area contributed by atoms with Crippen LogP contribution in [0.25, 0.3) is 0 Å². The highest BCUT2D eigenvalue weighted by atomic mass is 16.5. The van der Waals surface area contributed by atoms with E-state index >= 15 is 0 Å². The van der Waals surface area contributed by atoms with Gasteiger partial charge in [-0.2, -0.15) is 0 Å². The molecule has 2 unspecified atom stereocenters. The highest BCUT2D eigenvalue weighted by Gasteiger charge is 2.31. The van der Waals surface area contributed by atoms with Gasteiger partial charge in [0.05, 0.1) is 12.7 Å². The van der Waals surface area contributed by atoms with Crippen LogP contribution in [0.5, 0.6) is 5.88 Å². The van der Waals surface area contributed by atoms with E-state index in [1.807, 2.05) is 0 Å². The average Bonchev–Trinajstić information content (AvgIpc) is 2.94. The lowest BCUT2D eigenvalue weighted by molar-refractivity contribution is 0.0756. The standard InChI is InChI=1S/C16H24N2O3/c1-11(2)10-21-15-14(5-4-7-17-15)16(20)18-8-6-13(9-18)12(3)19/h4-5,7,11-13,19H,6,8-10H2,1-3H3. The minimum Gasteiger partial charge on any atom is -0.477 e. The summed E-state index contributed by atoms with van der Waals surface area (Å²) < 4.78 is 5.65. The summed E-state index contributed by atoms with van der Waals surface area (Å²) in [6.07, 6.45) is 2.09. The molecule has 0 radical (unpaired) electrons. The summed E-state index contributed by atoms with van der Waals surface area (Å²) in [5, 5.41) is 9.65. The molecule has 1 fully saturated rings. The molecule has 1 aromatic heterocycles. The average molecular weight is 292 g/mol. The van der Waals surface area contributed by atoms with E-state index < -0.39 is 0 Å². The number of amides is 1. The minimum atomic E-state index is -0.381. The van der Waals surface area contributed by atoms with Gasteiger partial charge in [0.15, 0.2) is 0 Å². The van der Waals surface area contributed by atoms with Crippen LogP contribution in [0.1, 0.15) is 37.6 Å². The van der Waals surface area contributed by atoms with Crippen LogP contribution < -0.4 is 4.74 Å². The maximum atomic E-state index is 12.6. The van der Waals surface area contributed by atoms with Crippen LogP contribution in [0, 0.1) is 11.8 Å². The zero-order chi connectivity index (χ0) is 15.4. The highest BCUT2D eigenvalue weighted by Crippen LogP contribution is 2.24. The summed E-state index contributed by atoms with van der Waals surface area (Å²) in [6.45, 7) is 7.69. The quantitative estimate of drug-likeness (QED) is 0.901. The van der Waals surface area contributed by atoms with Crippen LogP contribution >= 0.6 is 0 Å². The number of hydrogen-bond donors (Lipinski definition) is 1. The smallest absolute Gasteiger partial charge is 0.259 e. The summed E-state index contributed by atoms with van der Waals surface area (Å²) in [4.78, 5) is 18.6. The van der Waals surface area contributed by atoms with Crippen molar-refractivity contribution in [3.05, 3.63) is 23.9 Å². The molecule has 1 aliphatic heterocycles. The predicted molar refractivity (Wildman–Crippen MR) is 80.3 cm³/mol. The van der Waals surface area contributed by atoms with Crippen molar-refractivity contribution in [3.63, 3.8) is 0 Å². The lowest BCUT2D eigenvalue weighted by atomic mass is 10.0. The number of aliphatic hydroxyl groups excluding tert-OH is 1. The molecule has 1 aromatic rings. The molecule has 0 spiro atoms. The molecule has 0 bridgehead atoms. The number of aliphatic hydroxyl groups is 1. The molecule has 5 nitrogen and oxygen atoms in total. The lowest BCUT2D eigenvalue weighted by Gasteiger charge is -2.19. The first kappa shape index (κ1) is 15.8. The van der Waals surface area contributed by atoms with Crippen molar-refractivity contribution in [2.45, 2.75) is 33.3 Å². The number of carbonyl (C=O) groups excluding carboxylic acids is 1. The second kappa shape index (κ2) is 6.89. The monoisotopic (exact) mass is 292 g/mol. The fourth-order valence-corrected chi connectivity index (χ4v) is 2.45. The van der Waals surface area contributed by atoms with Gasteiger partial charge < -0.3 is 14.7 Å². The van der Waals surface area contributed by atoms with Crippen LogP contribution in [0.15, 0.2) is 18.3 Å². The van der Waals surface area contributed by atoms with E-state index in [9.17, 15) is 9.90 Å². The van der Waals surface area contributed by atoms with Gasteiger partial charge >= 0.3 is 0 Å². The number of carbonyl (C=O) groups is 1. The zero-order valence-electron chi connectivity index (χ0n) is 13.0. The van der Waals surface area contributed by atoms with Crippen molar-refractivity contribution in [1.29, 1.82) is 0 Å². The van der Waals surface area contributed by atoms with E-state index in [1.54, 1.807) is 30.2 Å². The normalized spacial score (nSPS) is 19.9. The molecular formula is C16H24N2O3. The zero-order valence-corrected chi connectivity index (χ0v) is 13.0. The van der Waals surface area contributed by atoms with Gasteiger partial charge in [-0.15, -0.1) is 0 Å². The maximum Gasteiger partial charge on any atom is 0.259 e. The molecule has 2 atom stereocenters. The SMILES string of the molecule is CC(C)COc1ncccc1C(=O)N1CCC(C(C)O)C1. The Hall–Kier alpha value is -1.62. The molecule has 0 saturated carbocycles. The third kappa shape index (κ3) is 3.94. The molecule has 1 saturated heterocycles. The topological polar surface area (TPSA) is 62.7 Å². The molecule has 2 rings (SSSR count). The first-order valence-electron chi connectivity index (χ1n) is 7.54. The summed E-state index contributed by atoms with van der Waals surface area (Å²) >= 11 is 0. The summed E-state index contributed by atoms with van der Waals surface area (Å²) in [5.41, 5.74) is 0.504. The third-order valence-electron chi connectivity index (χ3n) is 3.75. The van der Waals surface area contributed by atoms with Crippen LogP contribution in [0.2, 0.25) is 0 Å². The van der Waals surface area contributed by atoms with Crippen LogP contribution in [-0.2, 0) is 0 Å². The minimum absolute atomic E-state index is 0.0648. The van der Waals surface area contributed by atoms with Gasteiger partial charge in [-0.1, -0.05) is 13.8 Å². The number of rotatable bonds is 5. The van der Waals surface area contributed by atoms with Gasteiger partial charge in [-0.25, -0.2) is 4.98 Å². The largest absolute Gasteiger partial charge is 0.477 e. The van der Waals surface area contributed by atoms with E-state index in [-0.39, 0.29) is 17.9 Å². The fourth-order valence-electron chi connectivity index (χ4n) is 2.45. The van der Waals surface area contributed by atoms with Crippen molar-refractivity contribution in [2.24, 2.45) is 11.8 Å². The van der Waals surface area contributed by atoms with Gasteiger partial charge in [0.25, 0.3) is 5.91 Å². The summed E-state index contributed by atoms with van der Waals surface area (Å²) in [6, 6.07) is 3.50. The van der Waals surface area contributed by atoms with Crippen LogP contribution in [0.3, 0.4) is 0 Å². The molecule has 116 valence electrons. The molecule has 1 N–H and O–H groups in total. The molecule has 21 heavy (non-hydrogen) atoms. The number of ether oxygens (including phenoxy) is 1. The molecule has 1 amide bonds. The number of nitrogens with zero attached hydrogens (tertiary/aromatic N) is 2. The van der Waals surface area contributed by atoms with Gasteiger partial charge in [0.2, 0.25) is 5.88 Å². The Balaban J connectivity index is 2.09. The lowest BCUT2D eigenvalue weighted by Crippen LogP contribution is -2.31. The van der Waals surface area contributed by atoms with E-state index in [0.717, 1.165) is 6.42 Å². The third-order valence-corrected chi connectivity index (χ3v) is 3.75. The predicted octanol–water partition coefficient (Wildman–Crippen LogP) is 1.96. The number of aromatic nitrogens is 1. The number of pyridine rings is 1. The van der Waals surface area contributed by atoms with Crippen molar-refractivity contribution in [2.75, 3.05) is 19.7 Å². The second-order valence-corrected chi connectivity index (χ2v) is 6.10. The Labute approximate surface area is 125 Å². The van der Waals surface area contributed by atoms with Crippen molar-refractivity contribution < 1.29 is 14.6 Å². The molecule has 0 aromatic carbocycles. The Morgan fingerprint density at radius 1 is 1.52 bits per heavy atom. The molecule has 0 aliphatic carbocycles. The number of hydrogen-bond acceptors (Lipinski definition) is 4. The molecule has 2 heterocycles. The van der Waals surface area contributed by atoms with Gasteiger partial charge in [-0.3, -0.25) is 4.79 Å². The van der Waals surface area contributed by atoms with Gasteiger partial charge in [0.1, 0.15) is 5.56 Å². The maximum absolute atomic E-state index is 12.6. The second-order valence-electron chi connectivity index (χ2n) is 6.10. The Kier molecular flexibility index (Phi) is 5.17. The summed E-state index contributed by atoms with van der Waals surface area (Å²) in [7, 11) is 0. The highest BCUT2D eigenvalue weighted by molar-refractivity contribution is 5.96. The van der Waals surface area contributed by atoms with Crippen molar-refractivity contribution in [3.8, 4) is 5.88 Å². The van der Waals surface area contributed by atoms with E-state index in [2.05, 4.69) is 18.8 Å². The Morgan fingerprint density at radius 2 is 2.29 bits per heavy atom. The van der Waals surface area contributed by atoms with Gasteiger partial charge in [0, 0.05) is 25.2 Å². The molecule has 1 aliphatic rings. The van der Waals surface area contributed by atoms with Crippen LogP contribution in [0.4, 0.5) is 0 Å². The fraction of sp³-hybridized carbons (Fsp3) is 0.625. The number of likely N-dealkylation sites (tertiary alicyclic amines) is 1. The van der Waals surface area contributed by atoms with Gasteiger partial charge in [-0.05, 0) is 31.4 Å². The van der Waals surface area contributed by atoms with E-state index in [0.29, 0.717) is 37.1 Å². The molecular weight excluding hydrogens is 268 g/mol. The van der Waals surface area contributed by atoms with E-state index in [1.165, 1.54) is 0 Å². The summed E-state index contributed by atoms with van der Waals surface area (Å²) in [5.74, 6) is 0.869. The first-order valence-corrected chi connectivity index (χ1v) is 7.54. The van der Waals surface area contributed by atoms with Crippen LogP contribution in [-0.4, -0.2) is 46.7 Å². The Bertz CT molecular complexity index is 488. The first-order chi connectivity index (χ1) is 9.99.